The molecule has 32 heavy (non-hydrogen) atoms. The van der Waals surface area contributed by atoms with E-state index in [2.05, 4.69) is 80.2 Å². The van der Waals surface area contributed by atoms with Crippen LogP contribution in [0.1, 0.15) is 30.2 Å². The minimum absolute atomic E-state index is 0.568. The van der Waals surface area contributed by atoms with E-state index in [1.807, 2.05) is 30.3 Å². The molecule has 0 fully saturated rings. The molecule has 1 aliphatic rings. The second-order valence-electron chi connectivity index (χ2n) is 7.91. The van der Waals surface area contributed by atoms with Crippen molar-refractivity contribution in [1.29, 1.82) is 0 Å². The molecule has 4 nitrogen and oxygen atoms in total. The number of aromatic nitrogens is 1. The van der Waals surface area contributed by atoms with Crippen LogP contribution in [-0.4, -0.2) is 24.7 Å². The molecule has 0 aliphatic carbocycles. The number of allylic oxidation sites excluding steroid dienone is 3. The summed E-state index contributed by atoms with van der Waals surface area (Å²) in [6.45, 7) is 3.27. The summed E-state index contributed by atoms with van der Waals surface area (Å²) in [7, 11) is 2.05. The van der Waals surface area contributed by atoms with E-state index in [0.29, 0.717) is 13.2 Å². The molecule has 2 heterocycles. The molecule has 1 aliphatic heterocycles. The van der Waals surface area contributed by atoms with E-state index in [0.717, 1.165) is 34.7 Å². The highest BCUT2D eigenvalue weighted by Gasteiger charge is 2.16. The van der Waals surface area contributed by atoms with Gasteiger partial charge in [-0.25, -0.2) is 4.99 Å². The first-order chi connectivity index (χ1) is 15.6. The van der Waals surface area contributed by atoms with Gasteiger partial charge in [-0.05, 0) is 79.2 Å². The molecule has 2 N–H and O–H groups in total. The summed E-state index contributed by atoms with van der Waals surface area (Å²) in [6, 6.07) is 22.5. The molecule has 160 valence electrons. The van der Waals surface area contributed by atoms with Crippen molar-refractivity contribution in [2.45, 2.75) is 20.0 Å². The SMILES string of the molecule is Bn1cccc1/C(CCN)=C1N=C(/C=C/c2ccc(OCc3ccccc3)cc2)C=C\1C. The smallest absolute Gasteiger partial charge is 0.223 e. The molecule has 0 saturated heterocycles. The Morgan fingerprint density at radius 2 is 1.81 bits per heavy atom. The van der Waals surface area contributed by atoms with Gasteiger partial charge in [0.25, 0.3) is 0 Å². The molecule has 5 heteroatoms. The highest BCUT2D eigenvalue weighted by molar-refractivity contribution is 6.11. The van der Waals surface area contributed by atoms with E-state index in [-0.39, 0.29) is 0 Å². The molecule has 0 unspecified atom stereocenters. The van der Waals surface area contributed by atoms with Gasteiger partial charge in [0.15, 0.2) is 0 Å². The molecule has 2 aromatic carbocycles. The molecule has 0 radical (unpaired) electrons. The topological polar surface area (TPSA) is 52.5 Å². The molecule has 1 aromatic heterocycles. The Balaban J connectivity index is 1.47. The highest BCUT2D eigenvalue weighted by Crippen LogP contribution is 2.31. The fourth-order valence-electron chi connectivity index (χ4n) is 3.82. The molecular weight excluding hydrogens is 393 g/mol. The maximum atomic E-state index is 5.90. The van der Waals surface area contributed by atoms with Gasteiger partial charge in [-0.2, -0.15) is 0 Å². The number of nitrogens with zero attached hydrogens (tertiary/aromatic N) is 2. The summed E-state index contributed by atoms with van der Waals surface area (Å²) in [6.07, 6.45) is 9.11. The molecule has 0 bridgehead atoms. The van der Waals surface area contributed by atoms with Crippen LogP contribution in [0.5, 0.6) is 5.75 Å². The van der Waals surface area contributed by atoms with E-state index >= 15 is 0 Å². The van der Waals surface area contributed by atoms with Crippen LogP contribution in [0.25, 0.3) is 11.6 Å². The normalized spacial score (nSPS) is 15.1. The first kappa shape index (κ1) is 21.7. The number of hydrogen-bond donors (Lipinski definition) is 1. The van der Waals surface area contributed by atoms with Crippen LogP contribution in [0.3, 0.4) is 0 Å². The molecule has 4 rings (SSSR count). The molecule has 0 amide bonds. The van der Waals surface area contributed by atoms with Gasteiger partial charge in [0.2, 0.25) is 7.98 Å². The lowest BCUT2D eigenvalue weighted by molar-refractivity contribution is 0.306. The van der Waals surface area contributed by atoms with E-state index in [1.165, 1.54) is 16.8 Å². The predicted molar refractivity (Wildman–Crippen MR) is 136 cm³/mol. The quantitative estimate of drug-likeness (QED) is 0.539. The predicted octanol–water partition coefficient (Wildman–Crippen LogP) is 4.64. The van der Waals surface area contributed by atoms with Gasteiger partial charge in [-0.15, -0.1) is 0 Å². The van der Waals surface area contributed by atoms with Crippen molar-refractivity contribution in [3.05, 3.63) is 113 Å². The number of nitrogens with two attached hydrogens (primary N) is 1. The Hall–Kier alpha value is -3.57. The summed E-state index contributed by atoms with van der Waals surface area (Å²) in [5.41, 5.74) is 13.7. The maximum Gasteiger partial charge on any atom is 0.223 e. The fourth-order valence-corrected chi connectivity index (χ4v) is 3.82. The molecule has 3 aromatic rings. The zero-order valence-corrected chi connectivity index (χ0v) is 18.7. The molecule has 0 atom stereocenters. The first-order valence-electron chi connectivity index (χ1n) is 10.9. The highest BCUT2D eigenvalue weighted by atomic mass is 16.5. The van der Waals surface area contributed by atoms with Gasteiger partial charge in [0.1, 0.15) is 12.4 Å². The number of benzene rings is 2. The second kappa shape index (κ2) is 10.2. The van der Waals surface area contributed by atoms with Crippen LogP contribution in [0.4, 0.5) is 0 Å². The van der Waals surface area contributed by atoms with Crippen molar-refractivity contribution < 1.29 is 4.74 Å². The van der Waals surface area contributed by atoms with Crippen molar-refractivity contribution in [2.75, 3.05) is 6.54 Å². The first-order valence-corrected chi connectivity index (χ1v) is 10.9. The van der Waals surface area contributed by atoms with Crippen LogP contribution < -0.4 is 10.5 Å². The van der Waals surface area contributed by atoms with Gasteiger partial charge in [-0.1, -0.05) is 48.5 Å². The van der Waals surface area contributed by atoms with Gasteiger partial charge in [-0.3, -0.25) is 0 Å². The van der Waals surface area contributed by atoms with Crippen molar-refractivity contribution in [1.82, 2.24) is 4.48 Å². The zero-order chi connectivity index (χ0) is 22.3. The lowest BCUT2D eigenvalue weighted by Crippen LogP contribution is -2.05. The van der Waals surface area contributed by atoms with Crippen molar-refractivity contribution in [2.24, 2.45) is 10.7 Å². The second-order valence-corrected chi connectivity index (χ2v) is 7.91. The van der Waals surface area contributed by atoms with Crippen LogP contribution in [0.15, 0.2) is 101 Å². The van der Waals surface area contributed by atoms with Crippen molar-refractivity contribution in [3.8, 4) is 5.75 Å². The van der Waals surface area contributed by atoms with Crippen LogP contribution in [0.2, 0.25) is 0 Å². The summed E-state index contributed by atoms with van der Waals surface area (Å²) < 4.78 is 7.99. The number of ether oxygens (including phenoxy) is 1. The Morgan fingerprint density at radius 1 is 1.03 bits per heavy atom. The van der Waals surface area contributed by atoms with Gasteiger partial charge < -0.3 is 14.9 Å². The minimum atomic E-state index is 0.568. The van der Waals surface area contributed by atoms with E-state index < -0.39 is 0 Å². The average molecular weight is 421 g/mol. The van der Waals surface area contributed by atoms with Crippen molar-refractivity contribution in [3.63, 3.8) is 0 Å². The third-order valence-corrected chi connectivity index (χ3v) is 5.49. The molecule has 0 spiro atoms. The largest absolute Gasteiger partial charge is 0.489 e. The third-order valence-electron chi connectivity index (χ3n) is 5.49. The number of hydrogen-bond acceptors (Lipinski definition) is 3. The maximum absolute atomic E-state index is 5.90. The lowest BCUT2D eigenvalue weighted by Gasteiger charge is -2.11. The van der Waals surface area contributed by atoms with E-state index in [4.69, 9.17) is 15.5 Å². The Bertz CT molecular complexity index is 1190. The van der Waals surface area contributed by atoms with E-state index in [9.17, 15) is 0 Å². The summed E-state index contributed by atoms with van der Waals surface area (Å²) >= 11 is 0. The monoisotopic (exact) mass is 421 g/mol. The molecular formula is C27H28BN3O. The number of rotatable bonds is 8. The Labute approximate surface area is 190 Å². The summed E-state index contributed by atoms with van der Waals surface area (Å²) in [5.74, 6) is 0.860. The minimum Gasteiger partial charge on any atom is -0.489 e. The lowest BCUT2D eigenvalue weighted by atomic mass is 10.0. The van der Waals surface area contributed by atoms with E-state index in [1.54, 1.807) is 0 Å². The summed E-state index contributed by atoms with van der Waals surface area (Å²) in [5, 5.41) is 0. The van der Waals surface area contributed by atoms with Crippen LogP contribution in [0, 0.1) is 0 Å². The zero-order valence-electron chi connectivity index (χ0n) is 18.7. The Kier molecular flexibility index (Phi) is 6.88. The third kappa shape index (κ3) is 5.18. The molecule has 0 saturated carbocycles. The fraction of sp³-hybridized carbons (Fsp3) is 0.148. The van der Waals surface area contributed by atoms with Crippen molar-refractivity contribution >= 4 is 25.3 Å². The average Bonchev–Trinajstić information content (AvgIpc) is 3.41. The van der Waals surface area contributed by atoms with Gasteiger partial charge in [0.05, 0.1) is 11.4 Å². The number of aliphatic imine (C=N–C) groups is 1. The standard InChI is InChI=1S/C27H28BN3O/c1-20-18-23(30-27(20)25(15-16-29)26-8-5-17-31(26)28)12-9-21-10-13-24(14-11-21)32-19-22-6-3-2-4-7-22/h2-14,17-18H,15-16,19,28-29H2,1H3/b12-9+,27-25-. The van der Waals surface area contributed by atoms with Crippen LogP contribution in [-0.2, 0) is 6.61 Å². The van der Waals surface area contributed by atoms with Gasteiger partial charge in [0, 0.05) is 11.3 Å². The van der Waals surface area contributed by atoms with Crippen LogP contribution >= 0.6 is 0 Å². The Morgan fingerprint density at radius 3 is 2.50 bits per heavy atom. The van der Waals surface area contributed by atoms with Gasteiger partial charge >= 0.3 is 0 Å². The summed E-state index contributed by atoms with van der Waals surface area (Å²) in [4.78, 5) is 4.90.